The Kier molecular flexibility index (Phi) is 5.87. The van der Waals surface area contributed by atoms with E-state index in [2.05, 4.69) is 15.3 Å². The number of ether oxygens (including phenoxy) is 2. The van der Waals surface area contributed by atoms with Crippen molar-refractivity contribution in [3.8, 4) is 11.5 Å². The predicted molar refractivity (Wildman–Crippen MR) is 111 cm³/mol. The average Bonchev–Trinajstić information content (AvgIpc) is 2.67. The highest BCUT2D eigenvalue weighted by molar-refractivity contribution is 7.89. The normalized spacial score (nSPS) is 11.7. The monoisotopic (exact) mass is 417 g/mol. The van der Waals surface area contributed by atoms with Gasteiger partial charge in [0, 0.05) is 23.7 Å². The summed E-state index contributed by atoms with van der Waals surface area (Å²) in [6.07, 6.45) is 1.42. The number of benzene rings is 2. The van der Waals surface area contributed by atoms with Gasteiger partial charge in [0.05, 0.1) is 24.6 Å². The van der Waals surface area contributed by atoms with Crippen LogP contribution in [0, 0.1) is 0 Å². The van der Waals surface area contributed by atoms with Crippen molar-refractivity contribution in [3.63, 3.8) is 0 Å². The van der Waals surface area contributed by atoms with E-state index in [1.165, 1.54) is 18.5 Å². The zero-order valence-corrected chi connectivity index (χ0v) is 17.4. The van der Waals surface area contributed by atoms with Crippen molar-refractivity contribution in [2.24, 2.45) is 5.14 Å². The second-order valence-corrected chi connectivity index (χ2v) is 8.23. The topological polar surface area (TPSA) is 120 Å². The summed E-state index contributed by atoms with van der Waals surface area (Å²) in [7, 11) is 3.10. The summed E-state index contributed by atoms with van der Waals surface area (Å²) in [5.74, 6) is 1.58. The third-order valence-corrected chi connectivity index (χ3v) is 5.20. The van der Waals surface area contributed by atoms with Crippen LogP contribution in [0.15, 0.2) is 41.6 Å². The largest absolute Gasteiger partial charge is 0.493 e. The van der Waals surface area contributed by atoms with Gasteiger partial charge < -0.3 is 19.7 Å². The van der Waals surface area contributed by atoms with Crippen molar-refractivity contribution >= 4 is 32.4 Å². The van der Waals surface area contributed by atoms with Gasteiger partial charge in [-0.05, 0) is 37.9 Å². The number of aromatic nitrogens is 2. The maximum absolute atomic E-state index is 11.8. The highest BCUT2D eigenvalue weighted by Crippen LogP contribution is 2.35. The van der Waals surface area contributed by atoms with E-state index in [0.717, 1.165) is 5.56 Å². The highest BCUT2D eigenvalue weighted by Gasteiger charge is 2.15. The SMILES string of the molecule is COc1cc2ncnc(Nc3cc(S(N)(=O)=O)ccc3CN(C)C)c2cc1OC. The predicted octanol–water partition coefficient (Wildman–Crippen LogP) is 2.10. The fourth-order valence-electron chi connectivity index (χ4n) is 2.94. The summed E-state index contributed by atoms with van der Waals surface area (Å²) in [5.41, 5.74) is 2.12. The second-order valence-electron chi connectivity index (χ2n) is 6.67. The number of hydrogen-bond acceptors (Lipinski definition) is 8. The van der Waals surface area contributed by atoms with Crippen LogP contribution in [0.4, 0.5) is 11.5 Å². The molecule has 0 spiro atoms. The molecule has 0 fully saturated rings. The van der Waals surface area contributed by atoms with Crippen LogP contribution in [0.2, 0.25) is 0 Å². The molecule has 0 bridgehead atoms. The maximum Gasteiger partial charge on any atom is 0.238 e. The maximum atomic E-state index is 11.8. The zero-order valence-electron chi connectivity index (χ0n) is 16.6. The Balaban J connectivity index is 2.14. The molecule has 154 valence electrons. The molecule has 9 nitrogen and oxygen atoms in total. The molecule has 3 rings (SSSR count). The first kappa shape index (κ1) is 20.8. The zero-order chi connectivity index (χ0) is 21.2. The lowest BCUT2D eigenvalue weighted by atomic mass is 10.1. The summed E-state index contributed by atoms with van der Waals surface area (Å²) in [6.45, 7) is 0.591. The lowest BCUT2D eigenvalue weighted by molar-refractivity contribution is 0.356. The van der Waals surface area contributed by atoms with E-state index in [9.17, 15) is 8.42 Å². The molecule has 3 N–H and O–H groups in total. The van der Waals surface area contributed by atoms with Crippen LogP contribution in [-0.4, -0.2) is 51.6 Å². The molecule has 3 aromatic rings. The molecule has 0 saturated carbocycles. The molecule has 0 aliphatic carbocycles. The second kappa shape index (κ2) is 8.19. The summed E-state index contributed by atoms with van der Waals surface area (Å²) in [4.78, 5) is 10.6. The molecule has 10 heteroatoms. The Hall–Kier alpha value is -2.95. The van der Waals surface area contributed by atoms with Crippen molar-refractivity contribution in [2.45, 2.75) is 11.4 Å². The van der Waals surface area contributed by atoms with Crippen LogP contribution < -0.4 is 19.9 Å². The summed E-state index contributed by atoms with van der Waals surface area (Å²) in [6, 6.07) is 8.25. The summed E-state index contributed by atoms with van der Waals surface area (Å²) in [5, 5.41) is 9.23. The lowest BCUT2D eigenvalue weighted by Crippen LogP contribution is -2.15. The molecule has 0 atom stereocenters. The van der Waals surface area contributed by atoms with E-state index in [1.807, 2.05) is 19.0 Å². The lowest BCUT2D eigenvalue weighted by Gasteiger charge is -2.17. The number of fused-ring (bicyclic) bond motifs is 1. The molecule has 0 aliphatic rings. The van der Waals surface area contributed by atoms with Crippen LogP contribution in [-0.2, 0) is 16.6 Å². The molecular weight excluding hydrogens is 394 g/mol. The van der Waals surface area contributed by atoms with Crippen molar-refractivity contribution in [3.05, 3.63) is 42.2 Å². The number of primary sulfonamides is 1. The van der Waals surface area contributed by atoms with Gasteiger partial charge in [0.1, 0.15) is 12.1 Å². The van der Waals surface area contributed by atoms with Crippen LogP contribution in [0.1, 0.15) is 5.56 Å². The van der Waals surface area contributed by atoms with Crippen molar-refractivity contribution in [1.82, 2.24) is 14.9 Å². The fraction of sp³-hybridized carbons (Fsp3) is 0.263. The molecule has 0 aliphatic heterocycles. The van der Waals surface area contributed by atoms with Crippen molar-refractivity contribution in [2.75, 3.05) is 33.6 Å². The molecule has 29 heavy (non-hydrogen) atoms. The first-order chi connectivity index (χ1) is 13.7. The van der Waals surface area contributed by atoms with E-state index >= 15 is 0 Å². The average molecular weight is 417 g/mol. The van der Waals surface area contributed by atoms with Gasteiger partial charge in [-0.1, -0.05) is 6.07 Å². The number of methoxy groups -OCH3 is 2. The standard InChI is InChI=1S/C19H23N5O4S/c1-24(2)10-12-5-6-13(29(20,25)26)7-15(12)23-19-14-8-17(27-3)18(28-4)9-16(14)21-11-22-19/h5-9,11H,10H2,1-4H3,(H2,20,25,26)(H,21,22,23). The van der Waals surface area contributed by atoms with E-state index < -0.39 is 10.0 Å². The number of nitrogens with one attached hydrogen (secondary N) is 1. The van der Waals surface area contributed by atoms with E-state index in [1.54, 1.807) is 32.4 Å². The van der Waals surface area contributed by atoms with Crippen molar-refractivity contribution < 1.29 is 17.9 Å². The van der Waals surface area contributed by atoms with Gasteiger partial charge in [-0.2, -0.15) is 0 Å². The van der Waals surface area contributed by atoms with Crippen LogP contribution in [0.5, 0.6) is 11.5 Å². The Bertz CT molecular complexity index is 1150. The first-order valence-corrected chi connectivity index (χ1v) is 10.2. The summed E-state index contributed by atoms with van der Waals surface area (Å²) >= 11 is 0. The number of sulfonamides is 1. The number of anilines is 2. The van der Waals surface area contributed by atoms with E-state index in [-0.39, 0.29) is 4.90 Å². The number of hydrogen-bond donors (Lipinski definition) is 2. The molecule has 0 unspecified atom stereocenters. The van der Waals surface area contributed by atoms with Crippen LogP contribution >= 0.6 is 0 Å². The molecule has 1 aromatic heterocycles. The molecule has 0 saturated heterocycles. The molecule has 0 amide bonds. The summed E-state index contributed by atoms with van der Waals surface area (Å²) < 4.78 is 34.3. The van der Waals surface area contributed by atoms with Crippen molar-refractivity contribution in [1.29, 1.82) is 0 Å². The van der Waals surface area contributed by atoms with Gasteiger partial charge in [-0.25, -0.2) is 23.5 Å². The molecule has 2 aromatic carbocycles. The van der Waals surface area contributed by atoms with Gasteiger partial charge >= 0.3 is 0 Å². The Labute approximate surface area is 169 Å². The Morgan fingerprint density at radius 3 is 2.38 bits per heavy atom. The Morgan fingerprint density at radius 2 is 1.76 bits per heavy atom. The third kappa shape index (κ3) is 4.56. The first-order valence-electron chi connectivity index (χ1n) is 8.67. The highest BCUT2D eigenvalue weighted by atomic mass is 32.2. The van der Waals surface area contributed by atoms with Gasteiger partial charge in [-0.15, -0.1) is 0 Å². The van der Waals surface area contributed by atoms with Gasteiger partial charge in [0.25, 0.3) is 0 Å². The van der Waals surface area contributed by atoms with Crippen LogP contribution in [0.25, 0.3) is 10.9 Å². The number of rotatable bonds is 7. The number of nitrogens with zero attached hydrogens (tertiary/aromatic N) is 3. The smallest absolute Gasteiger partial charge is 0.238 e. The quantitative estimate of drug-likeness (QED) is 0.600. The fourth-order valence-corrected chi connectivity index (χ4v) is 3.48. The molecule has 0 radical (unpaired) electrons. The van der Waals surface area contributed by atoms with Gasteiger partial charge in [0.15, 0.2) is 11.5 Å². The third-order valence-electron chi connectivity index (χ3n) is 4.29. The minimum atomic E-state index is -3.85. The molecular formula is C19H23N5O4S. The Morgan fingerprint density at radius 1 is 1.07 bits per heavy atom. The van der Waals surface area contributed by atoms with Crippen LogP contribution in [0.3, 0.4) is 0 Å². The van der Waals surface area contributed by atoms with Gasteiger partial charge in [0.2, 0.25) is 10.0 Å². The number of nitrogens with two attached hydrogens (primary N) is 1. The minimum absolute atomic E-state index is 0.0140. The minimum Gasteiger partial charge on any atom is -0.493 e. The molecule has 1 heterocycles. The van der Waals surface area contributed by atoms with E-state index in [4.69, 9.17) is 14.6 Å². The van der Waals surface area contributed by atoms with E-state index in [0.29, 0.717) is 40.5 Å². The van der Waals surface area contributed by atoms with Gasteiger partial charge in [-0.3, -0.25) is 0 Å².